The van der Waals surface area contributed by atoms with Gasteiger partial charge in [-0.25, -0.2) is 0 Å². The second-order valence-corrected chi connectivity index (χ2v) is 4.01. The van der Waals surface area contributed by atoms with Crippen LogP contribution in [-0.2, 0) is 9.53 Å². The van der Waals surface area contributed by atoms with Crippen LogP contribution in [0, 0.1) is 11.3 Å². The van der Waals surface area contributed by atoms with Gasteiger partial charge in [0.2, 0.25) is 0 Å². The summed E-state index contributed by atoms with van der Waals surface area (Å²) >= 11 is 0. The zero-order valence-corrected chi connectivity index (χ0v) is 10.9. The number of hydrogen-bond acceptors (Lipinski definition) is 5. The van der Waals surface area contributed by atoms with Crippen molar-refractivity contribution in [3.05, 3.63) is 35.4 Å². The summed E-state index contributed by atoms with van der Waals surface area (Å²) in [7, 11) is 0. The number of benzene rings is 1. The Labute approximate surface area is 112 Å². The van der Waals surface area contributed by atoms with Crippen LogP contribution in [0.15, 0.2) is 24.3 Å². The lowest BCUT2D eigenvalue weighted by Crippen LogP contribution is -2.24. The van der Waals surface area contributed by atoms with E-state index in [9.17, 15) is 9.90 Å². The maximum atomic E-state index is 11.1. The molecule has 0 saturated carbocycles. The highest BCUT2D eigenvalue weighted by atomic mass is 16.5. The Bertz CT molecular complexity index is 437. The lowest BCUT2D eigenvalue weighted by atomic mass is 10.1. The van der Waals surface area contributed by atoms with Crippen LogP contribution in [0.2, 0.25) is 0 Å². The molecule has 5 heteroatoms. The first kappa shape index (κ1) is 15.2. The van der Waals surface area contributed by atoms with Gasteiger partial charge in [0.15, 0.2) is 0 Å². The predicted molar refractivity (Wildman–Crippen MR) is 70.2 cm³/mol. The maximum Gasteiger partial charge on any atom is 0.307 e. The highest BCUT2D eigenvalue weighted by molar-refractivity contribution is 5.69. The second-order valence-electron chi connectivity index (χ2n) is 4.01. The summed E-state index contributed by atoms with van der Waals surface area (Å²) in [6.45, 7) is 2.96. The molecule has 1 aromatic rings. The summed E-state index contributed by atoms with van der Waals surface area (Å²) in [4.78, 5) is 11.1. The van der Waals surface area contributed by atoms with Crippen LogP contribution >= 0.6 is 0 Å². The van der Waals surface area contributed by atoms with Gasteiger partial charge in [0.05, 0.1) is 30.8 Å². The van der Waals surface area contributed by atoms with Gasteiger partial charge >= 0.3 is 5.97 Å². The predicted octanol–water partition coefficient (Wildman–Crippen LogP) is 1.13. The van der Waals surface area contributed by atoms with Crippen LogP contribution in [0.3, 0.4) is 0 Å². The highest BCUT2D eigenvalue weighted by Gasteiger charge is 2.07. The SMILES string of the molecule is CCOC(=O)CCNCC(O)c1ccc(C#N)cc1. The van der Waals surface area contributed by atoms with E-state index in [1.807, 2.05) is 6.07 Å². The lowest BCUT2D eigenvalue weighted by Gasteiger charge is -2.12. The largest absolute Gasteiger partial charge is 0.466 e. The van der Waals surface area contributed by atoms with Gasteiger partial charge in [-0.3, -0.25) is 4.79 Å². The molecule has 0 aromatic heterocycles. The van der Waals surface area contributed by atoms with E-state index in [-0.39, 0.29) is 12.4 Å². The fourth-order valence-corrected chi connectivity index (χ4v) is 1.56. The smallest absolute Gasteiger partial charge is 0.307 e. The number of nitrogens with one attached hydrogen (secondary N) is 1. The van der Waals surface area contributed by atoms with Crippen LogP contribution in [0.4, 0.5) is 0 Å². The van der Waals surface area contributed by atoms with Gasteiger partial charge in [0, 0.05) is 13.1 Å². The molecule has 2 N–H and O–H groups in total. The van der Waals surface area contributed by atoms with Crippen molar-refractivity contribution in [2.75, 3.05) is 19.7 Å². The first-order valence-corrected chi connectivity index (χ1v) is 6.21. The number of hydrogen-bond donors (Lipinski definition) is 2. The van der Waals surface area contributed by atoms with Crippen molar-refractivity contribution in [3.8, 4) is 6.07 Å². The summed E-state index contributed by atoms with van der Waals surface area (Å²) in [6.07, 6.45) is -0.372. The molecule has 0 saturated heterocycles. The normalized spacial score (nSPS) is 11.6. The molecule has 1 rings (SSSR count). The van der Waals surface area contributed by atoms with Crippen molar-refractivity contribution in [1.82, 2.24) is 5.32 Å². The molecule has 1 aromatic carbocycles. The first-order chi connectivity index (χ1) is 9.17. The quantitative estimate of drug-likeness (QED) is 0.568. The first-order valence-electron chi connectivity index (χ1n) is 6.21. The van der Waals surface area contributed by atoms with E-state index < -0.39 is 6.10 Å². The molecule has 0 radical (unpaired) electrons. The van der Waals surface area contributed by atoms with Gasteiger partial charge in [-0.05, 0) is 24.6 Å². The van der Waals surface area contributed by atoms with E-state index in [4.69, 9.17) is 10.00 Å². The second kappa shape index (κ2) is 8.25. The number of rotatable bonds is 7. The molecule has 1 atom stereocenters. The number of nitriles is 1. The fourth-order valence-electron chi connectivity index (χ4n) is 1.56. The Hall–Kier alpha value is -1.90. The summed E-state index contributed by atoms with van der Waals surface area (Å²) in [5, 5.41) is 21.5. The summed E-state index contributed by atoms with van der Waals surface area (Å²) in [6, 6.07) is 8.79. The molecule has 0 heterocycles. The molecule has 0 aliphatic carbocycles. The fraction of sp³-hybridized carbons (Fsp3) is 0.429. The lowest BCUT2D eigenvalue weighted by molar-refractivity contribution is -0.143. The van der Waals surface area contributed by atoms with Crippen molar-refractivity contribution < 1.29 is 14.6 Å². The molecule has 0 spiro atoms. The summed E-state index contributed by atoms with van der Waals surface area (Å²) < 4.78 is 4.79. The van der Waals surface area contributed by atoms with Crippen LogP contribution in [0.25, 0.3) is 0 Å². The van der Waals surface area contributed by atoms with Gasteiger partial charge in [0.25, 0.3) is 0 Å². The average molecular weight is 262 g/mol. The minimum absolute atomic E-state index is 0.247. The Balaban J connectivity index is 2.29. The highest BCUT2D eigenvalue weighted by Crippen LogP contribution is 2.12. The summed E-state index contributed by atoms with van der Waals surface area (Å²) in [5.41, 5.74) is 1.30. The van der Waals surface area contributed by atoms with E-state index >= 15 is 0 Å². The molecule has 1 unspecified atom stereocenters. The third kappa shape index (κ3) is 5.51. The minimum atomic E-state index is -0.657. The monoisotopic (exact) mass is 262 g/mol. The molecule has 0 amide bonds. The van der Waals surface area contributed by atoms with Crippen molar-refractivity contribution in [3.63, 3.8) is 0 Å². The van der Waals surface area contributed by atoms with Gasteiger partial charge in [-0.1, -0.05) is 12.1 Å². The Morgan fingerprint density at radius 2 is 2.16 bits per heavy atom. The van der Waals surface area contributed by atoms with E-state index in [0.29, 0.717) is 25.3 Å². The molecule has 0 aliphatic rings. The topological polar surface area (TPSA) is 82.3 Å². The number of aliphatic hydroxyl groups excluding tert-OH is 1. The number of ether oxygens (including phenoxy) is 1. The van der Waals surface area contributed by atoms with E-state index in [2.05, 4.69) is 5.32 Å². The Kier molecular flexibility index (Phi) is 6.58. The van der Waals surface area contributed by atoms with Crippen LogP contribution in [0.1, 0.15) is 30.6 Å². The van der Waals surface area contributed by atoms with E-state index in [1.54, 1.807) is 31.2 Å². The third-order valence-electron chi connectivity index (χ3n) is 2.57. The maximum absolute atomic E-state index is 11.1. The Morgan fingerprint density at radius 1 is 1.47 bits per heavy atom. The van der Waals surface area contributed by atoms with Crippen molar-refractivity contribution >= 4 is 5.97 Å². The summed E-state index contributed by atoms with van der Waals surface area (Å²) in [5.74, 6) is -0.247. The zero-order chi connectivity index (χ0) is 14.1. The molecular formula is C14H18N2O3. The standard InChI is InChI=1S/C14H18N2O3/c1-2-19-14(18)7-8-16-10-13(17)12-5-3-11(9-15)4-6-12/h3-6,13,16-17H,2,7-8,10H2,1H3. The number of aliphatic hydroxyl groups is 1. The third-order valence-corrected chi connectivity index (χ3v) is 2.57. The van der Waals surface area contributed by atoms with E-state index in [1.165, 1.54) is 0 Å². The molecule has 0 aliphatic heterocycles. The minimum Gasteiger partial charge on any atom is -0.466 e. The van der Waals surface area contributed by atoms with Gasteiger partial charge in [-0.2, -0.15) is 5.26 Å². The number of carbonyl (C=O) groups is 1. The molecule has 19 heavy (non-hydrogen) atoms. The van der Waals surface area contributed by atoms with Gasteiger partial charge in [0.1, 0.15) is 0 Å². The van der Waals surface area contributed by atoms with Gasteiger partial charge < -0.3 is 15.2 Å². The molecule has 5 nitrogen and oxygen atoms in total. The Morgan fingerprint density at radius 3 is 2.74 bits per heavy atom. The number of nitrogens with zero attached hydrogens (tertiary/aromatic N) is 1. The average Bonchev–Trinajstić information content (AvgIpc) is 2.44. The molecule has 0 fully saturated rings. The molecular weight excluding hydrogens is 244 g/mol. The van der Waals surface area contributed by atoms with Crippen molar-refractivity contribution in [2.45, 2.75) is 19.4 Å². The number of esters is 1. The number of carbonyl (C=O) groups excluding carboxylic acids is 1. The van der Waals surface area contributed by atoms with Crippen molar-refractivity contribution in [2.24, 2.45) is 0 Å². The van der Waals surface area contributed by atoms with Crippen LogP contribution in [0.5, 0.6) is 0 Å². The van der Waals surface area contributed by atoms with Crippen molar-refractivity contribution in [1.29, 1.82) is 5.26 Å². The van der Waals surface area contributed by atoms with E-state index in [0.717, 1.165) is 5.56 Å². The van der Waals surface area contributed by atoms with Crippen LogP contribution < -0.4 is 5.32 Å². The van der Waals surface area contributed by atoms with Gasteiger partial charge in [-0.15, -0.1) is 0 Å². The zero-order valence-electron chi connectivity index (χ0n) is 10.9. The molecule has 102 valence electrons. The van der Waals surface area contributed by atoms with Crippen LogP contribution in [-0.4, -0.2) is 30.8 Å². The molecule has 0 bridgehead atoms.